The van der Waals surface area contributed by atoms with Crippen LogP contribution in [-0.4, -0.2) is 32.4 Å². The molecule has 4 N–H and O–H groups in total. The average molecular weight is 408 g/mol. The van der Waals surface area contributed by atoms with E-state index in [1.165, 1.54) is 0 Å². The number of benzene rings is 3. The van der Waals surface area contributed by atoms with Crippen molar-refractivity contribution in [2.24, 2.45) is 0 Å². The minimum Gasteiger partial charge on any atom is -0.508 e. The molecule has 0 aliphatic heterocycles. The summed E-state index contributed by atoms with van der Waals surface area (Å²) in [6.07, 6.45) is 2.10. The predicted molar refractivity (Wildman–Crippen MR) is 116 cm³/mol. The monoisotopic (exact) mass is 408 g/mol. The van der Waals surface area contributed by atoms with Gasteiger partial charge in [-0.25, -0.2) is 0 Å². The lowest BCUT2D eigenvalue weighted by atomic mass is 9.95. The maximum atomic E-state index is 9.48. The Hall–Kier alpha value is -4.06. The van der Waals surface area contributed by atoms with Crippen LogP contribution in [0.2, 0.25) is 0 Å². The van der Waals surface area contributed by atoms with Crippen molar-refractivity contribution in [3.8, 4) is 11.5 Å². The second kappa shape index (κ2) is 12.4. The lowest BCUT2D eigenvalue weighted by molar-refractivity contribution is -0.135. The van der Waals surface area contributed by atoms with Crippen LogP contribution in [0.3, 0.4) is 0 Å². The molecule has 0 aliphatic rings. The minimum atomic E-state index is -0.833. The van der Waals surface area contributed by atoms with E-state index in [0.29, 0.717) is 0 Å². The van der Waals surface area contributed by atoms with Gasteiger partial charge in [-0.3, -0.25) is 9.59 Å². The second-order valence-corrected chi connectivity index (χ2v) is 6.10. The molecule has 0 aromatic heterocycles. The minimum absolute atomic E-state index is 0.244. The number of hydrogen-bond acceptors (Lipinski definition) is 4. The highest BCUT2D eigenvalue weighted by atomic mass is 16.4. The highest BCUT2D eigenvalue weighted by molar-refractivity contribution is 5.91. The Morgan fingerprint density at radius 3 is 1.30 bits per heavy atom. The van der Waals surface area contributed by atoms with Gasteiger partial charge in [-0.2, -0.15) is 0 Å². The Balaban J connectivity index is 0.000000485. The first-order valence-electron chi connectivity index (χ1n) is 8.93. The van der Waals surface area contributed by atoms with Crippen LogP contribution < -0.4 is 0 Å². The number of carboxylic acids is 2. The molecule has 0 amide bonds. The summed E-state index contributed by atoms with van der Waals surface area (Å²) in [7, 11) is 0. The normalized spacial score (nSPS) is 9.13. The van der Waals surface area contributed by atoms with Crippen LogP contribution in [0.4, 0.5) is 0 Å². The maximum absolute atomic E-state index is 9.48. The van der Waals surface area contributed by atoms with E-state index in [-0.39, 0.29) is 11.5 Å². The summed E-state index contributed by atoms with van der Waals surface area (Å²) in [5.41, 5.74) is 4.14. The number of carbonyl (C=O) groups is 2. The summed E-state index contributed by atoms with van der Waals surface area (Å²) in [5.74, 6) is -1.18. The van der Waals surface area contributed by atoms with Gasteiger partial charge in [-0.15, -0.1) is 0 Å². The summed E-state index contributed by atoms with van der Waals surface area (Å²) in [4.78, 5) is 18.0. The van der Waals surface area contributed by atoms with Crippen molar-refractivity contribution in [3.63, 3.8) is 0 Å². The highest BCUT2D eigenvalue weighted by Gasteiger charge is 2.06. The van der Waals surface area contributed by atoms with E-state index in [2.05, 4.69) is 6.08 Å². The predicted octanol–water partition coefficient (Wildman–Crippen LogP) is 4.87. The van der Waals surface area contributed by atoms with Crippen molar-refractivity contribution in [1.29, 1.82) is 0 Å². The van der Waals surface area contributed by atoms with Crippen molar-refractivity contribution < 1.29 is 30.0 Å². The fourth-order valence-corrected chi connectivity index (χ4v) is 2.33. The number of hydrogen-bond donors (Lipinski definition) is 4. The largest absolute Gasteiger partial charge is 0.508 e. The van der Waals surface area contributed by atoms with E-state index in [4.69, 9.17) is 19.8 Å². The summed E-state index contributed by atoms with van der Waals surface area (Å²) < 4.78 is 0. The SMILES string of the molecule is CC(=O)O.CC(=O)O.Oc1ccc(C(=Cc2ccccc2)c2ccc(O)cc2)cc1. The van der Waals surface area contributed by atoms with Crippen molar-refractivity contribution in [1.82, 2.24) is 0 Å². The third-order valence-corrected chi connectivity index (χ3v) is 3.47. The molecule has 3 aromatic rings. The molecule has 0 unspecified atom stereocenters. The van der Waals surface area contributed by atoms with E-state index in [9.17, 15) is 10.2 Å². The van der Waals surface area contributed by atoms with Gasteiger partial charge in [0.2, 0.25) is 0 Å². The number of aromatic hydroxyl groups is 2. The smallest absolute Gasteiger partial charge is 0.300 e. The van der Waals surface area contributed by atoms with E-state index in [1.54, 1.807) is 24.3 Å². The first-order chi connectivity index (χ1) is 14.2. The number of carboxylic acid groups (broad SMARTS) is 2. The van der Waals surface area contributed by atoms with Crippen LogP contribution in [0.1, 0.15) is 30.5 Å². The van der Waals surface area contributed by atoms with Gasteiger partial charge in [0.05, 0.1) is 0 Å². The zero-order valence-electron chi connectivity index (χ0n) is 16.7. The Bertz CT molecular complexity index is 891. The molecule has 0 fully saturated rings. The summed E-state index contributed by atoms with van der Waals surface area (Å²) in [5, 5.41) is 33.8. The number of rotatable bonds is 3. The van der Waals surface area contributed by atoms with Crippen LogP contribution in [0.5, 0.6) is 11.5 Å². The number of phenols is 2. The third kappa shape index (κ3) is 9.75. The molecule has 0 aliphatic carbocycles. The number of phenolic OH excluding ortho intramolecular Hbond substituents is 2. The lowest BCUT2D eigenvalue weighted by Crippen LogP contribution is -1.88. The molecule has 156 valence electrons. The topological polar surface area (TPSA) is 115 Å². The molecule has 3 aromatic carbocycles. The molecule has 0 saturated carbocycles. The van der Waals surface area contributed by atoms with Crippen molar-refractivity contribution in [2.45, 2.75) is 13.8 Å². The summed E-state index contributed by atoms with van der Waals surface area (Å²) >= 11 is 0. The molecule has 0 saturated heterocycles. The van der Waals surface area contributed by atoms with E-state index < -0.39 is 11.9 Å². The van der Waals surface area contributed by atoms with Gasteiger partial charge in [0, 0.05) is 13.8 Å². The first-order valence-corrected chi connectivity index (χ1v) is 8.93. The Kier molecular flexibility index (Phi) is 9.92. The van der Waals surface area contributed by atoms with Crippen LogP contribution in [0.25, 0.3) is 11.6 Å². The van der Waals surface area contributed by atoms with Crippen molar-refractivity contribution in [3.05, 3.63) is 95.6 Å². The van der Waals surface area contributed by atoms with Crippen LogP contribution in [-0.2, 0) is 9.59 Å². The van der Waals surface area contributed by atoms with Crippen LogP contribution >= 0.6 is 0 Å². The quantitative estimate of drug-likeness (QED) is 0.460. The molecule has 0 bridgehead atoms. The van der Waals surface area contributed by atoms with Crippen molar-refractivity contribution in [2.75, 3.05) is 0 Å². The van der Waals surface area contributed by atoms with Gasteiger partial charge in [-0.1, -0.05) is 54.6 Å². The molecule has 30 heavy (non-hydrogen) atoms. The zero-order chi connectivity index (χ0) is 22.5. The van der Waals surface area contributed by atoms with Gasteiger partial charge >= 0.3 is 0 Å². The molecule has 0 radical (unpaired) electrons. The highest BCUT2D eigenvalue weighted by Crippen LogP contribution is 2.28. The average Bonchev–Trinajstić information content (AvgIpc) is 2.68. The van der Waals surface area contributed by atoms with Gasteiger partial charge in [-0.05, 0) is 52.6 Å². The van der Waals surface area contributed by atoms with Crippen LogP contribution in [0, 0.1) is 0 Å². The van der Waals surface area contributed by atoms with E-state index in [0.717, 1.165) is 36.1 Å². The fourth-order valence-electron chi connectivity index (χ4n) is 2.33. The fraction of sp³-hybridized carbons (Fsp3) is 0.0833. The van der Waals surface area contributed by atoms with Gasteiger partial charge in [0.15, 0.2) is 0 Å². The Morgan fingerprint density at radius 1 is 0.633 bits per heavy atom. The maximum Gasteiger partial charge on any atom is 0.300 e. The summed E-state index contributed by atoms with van der Waals surface area (Å²) in [6.45, 7) is 2.17. The molecule has 0 heterocycles. The first kappa shape index (κ1) is 24.0. The molecule has 0 atom stereocenters. The molecular weight excluding hydrogens is 384 g/mol. The van der Waals surface area contributed by atoms with Gasteiger partial charge in [0.25, 0.3) is 11.9 Å². The molecule has 3 rings (SSSR count). The molecular formula is C24H24O6. The van der Waals surface area contributed by atoms with E-state index in [1.807, 2.05) is 54.6 Å². The van der Waals surface area contributed by atoms with Crippen LogP contribution in [0.15, 0.2) is 78.9 Å². The van der Waals surface area contributed by atoms with Gasteiger partial charge in [0.1, 0.15) is 11.5 Å². The number of aliphatic carboxylic acids is 2. The lowest BCUT2D eigenvalue weighted by Gasteiger charge is -2.09. The molecule has 0 spiro atoms. The van der Waals surface area contributed by atoms with E-state index >= 15 is 0 Å². The van der Waals surface area contributed by atoms with Crippen molar-refractivity contribution >= 4 is 23.6 Å². The zero-order valence-corrected chi connectivity index (χ0v) is 16.7. The third-order valence-electron chi connectivity index (χ3n) is 3.47. The Labute approximate surface area is 175 Å². The standard InChI is InChI=1S/C20H16O2.2C2H4O2/c21-18-10-6-16(7-11-18)20(14-15-4-2-1-3-5-15)17-8-12-19(22)13-9-17;2*1-2(3)4/h1-14,21-22H;2*1H3,(H,3,4). The molecule has 6 heteroatoms. The van der Waals surface area contributed by atoms with Gasteiger partial charge < -0.3 is 20.4 Å². The second-order valence-electron chi connectivity index (χ2n) is 6.10. The summed E-state index contributed by atoms with van der Waals surface area (Å²) in [6, 6.07) is 24.3. The molecule has 6 nitrogen and oxygen atoms in total. The Morgan fingerprint density at radius 2 is 0.967 bits per heavy atom.